The van der Waals surface area contributed by atoms with Crippen LogP contribution in [0, 0.1) is 13.8 Å². The van der Waals surface area contributed by atoms with Crippen molar-refractivity contribution >= 4 is 10.8 Å². The molecule has 4 rings (SSSR count). The average Bonchev–Trinajstić information content (AvgIpc) is 2.60. The van der Waals surface area contributed by atoms with E-state index in [0.29, 0.717) is 6.54 Å². The van der Waals surface area contributed by atoms with E-state index in [9.17, 15) is 5.21 Å². The van der Waals surface area contributed by atoms with Crippen molar-refractivity contribution in [3.05, 3.63) is 76.3 Å². The molecule has 1 N–H and O–H groups in total. The maximum Gasteiger partial charge on any atom is 0.118 e. The average molecular weight is 319 g/mol. The standard InChI is InChI=1S/C21H21NO2/c1-13-4-6-15-7-5-14(2)19-20(15)18(13)12-22(23)21(19)16-8-10-17(24-3)11-9-16/h4-11,21,23H,12H2,1-3H3. The van der Waals surface area contributed by atoms with Gasteiger partial charge in [0.25, 0.3) is 0 Å². The fourth-order valence-electron chi connectivity index (χ4n) is 3.81. The maximum absolute atomic E-state index is 10.8. The van der Waals surface area contributed by atoms with Crippen LogP contribution in [0.1, 0.15) is 33.9 Å². The van der Waals surface area contributed by atoms with Crippen LogP contribution < -0.4 is 4.74 Å². The van der Waals surface area contributed by atoms with Gasteiger partial charge in [-0.3, -0.25) is 0 Å². The molecule has 0 aromatic heterocycles. The molecule has 0 amide bonds. The Bertz CT molecular complexity index is 910. The third-order valence-corrected chi connectivity index (χ3v) is 5.11. The third-order valence-electron chi connectivity index (χ3n) is 5.11. The van der Waals surface area contributed by atoms with Gasteiger partial charge in [-0.25, -0.2) is 0 Å². The zero-order valence-corrected chi connectivity index (χ0v) is 14.2. The molecule has 0 spiro atoms. The minimum atomic E-state index is -0.158. The molecule has 3 aromatic rings. The summed E-state index contributed by atoms with van der Waals surface area (Å²) in [5, 5.41) is 14.8. The first-order chi connectivity index (χ1) is 11.6. The Morgan fingerprint density at radius 3 is 2.29 bits per heavy atom. The third kappa shape index (κ3) is 2.20. The number of benzene rings is 3. The molecule has 0 radical (unpaired) electrons. The first-order valence-corrected chi connectivity index (χ1v) is 8.21. The minimum absolute atomic E-state index is 0.158. The number of aryl methyl sites for hydroxylation is 2. The smallest absolute Gasteiger partial charge is 0.118 e. The highest BCUT2D eigenvalue weighted by molar-refractivity contribution is 5.92. The Morgan fingerprint density at radius 2 is 1.62 bits per heavy atom. The van der Waals surface area contributed by atoms with Crippen LogP contribution in [0.3, 0.4) is 0 Å². The quantitative estimate of drug-likeness (QED) is 0.739. The second-order valence-corrected chi connectivity index (χ2v) is 6.53. The molecule has 0 saturated heterocycles. The summed E-state index contributed by atoms with van der Waals surface area (Å²) in [6.45, 7) is 4.77. The first kappa shape index (κ1) is 15.2. The predicted molar refractivity (Wildman–Crippen MR) is 95.6 cm³/mol. The highest BCUT2D eigenvalue weighted by Crippen LogP contribution is 2.42. The second-order valence-electron chi connectivity index (χ2n) is 6.53. The largest absolute Gasteiger partial charge is 0.497 e. The summed E-state index contributed by atoms with van der Waals surface area (Å²) in [5.74, 6) is 0.824. The highest BCUT2D eigenvalue weighted by atomic mass is 16.5. The normalized spacial score (nSPS) is 17.2. The van der Waals surface area contributed by atoms with Crippen molar-refractivity contribution in [2.24, 2.45) is 0 Å². The lowest BCUT2D eigenvalue weighted by molar-refractivity contribution is -0.127. The van der Waals surface area contributed by atoms with Gasteiger partial charge in [-0.1, -0.05) is 36.4 Å². The molecule has 1 aliphatic heterocycles. The molecule has 1 heterocycles. The van der Waals surface area contributed by atoms with E-state index in [0.717, 1.165) is 11.3 Å². The summed E-state index contributed by atoms with van der Waals surface area (Å²) in [5.41, 5.74) is 5.92. The van der Waals surface area contributed by atoms with Crippen LogP contribution in [0.2, 0.25) is 0 Å². The second kappa shape index (κ2) is 5.62. The van der Waals surface area contributed by atoms with Gasteiger partial charge in [0.1, 0.15) is 5.75 Å². The SMILES string of the molecule is COc1ccc(C2c3c(C)ccc4ccc(C)c(c34)CN2O)cc1. The molecule has 1 aliphatic rings. The summed E-state index contributed by atoms with van der Waals surface area (Å²) < 4.78 is 5.26. The molecule has 0 bridgehead atoms. The van der Waals surface area contributed by atoms with E-state index >= 15 is 0 Å². The fraction of sp³-hybridized carbons (Fsp3) is 0.238. The zero-order chi connectivity index (χ0) is 16.8. The molecule has 1 atom stereocenters. The highest BCUT2D eigenvalue weighted by Gasteiger charge is 2.31. The van der Waals surface area contributed by atoms with Gasteiger partial charge in [-0.05, 0) is 64.6 Å². The molecule has 0 fully saturated rings. The molecular weight excluding hydrogens is 298 g/mol. The molecule has 3 heteroatoms. The lowest BCUT2D eigenvalue weighted by atomic mass is 9.83. The number of ether oxygens (including phenoxy) is 1. The van der Waals surface area contributed by atoms with E-state index in [1.165, 1.54) is 38.1 Å². The number of hydrogen-bond donors (Lipinski definition) is 1. The van der Waals surface area contributed by atoms with Crippen molar-refractivity contribution in [3.8, 4) is 5.75 Å². The Morgan fingerprint density at radius 1 is 0.958 bits per heavy atom. The van der Waals surface area contributed by atoms with Crippen molar-refractivity contribution in [1.29, 1.82) is 0 Å². The van der Waals surface area contributed by atoms with Gasteiger partial charge in [-0.15, -0.1) is 0 Å². The van der Waals surface area contributed by atoms with E-state index in [1.54, 1.807) is 7.11 Å². The summed E-state index contributed by atoms with van der Waals surface area (Å²) >= 11 is 0. The minimum Gasteiger partial charge on any atom is -0.497 e. The molecule has 0 aliphatic carbocycles. The predicted octanol–water partition coefficient (Wildman–Crippen LogP) is 4.76. The Balaban J connectivity index is 1.98. The van der Waals surface area contributed by atoms with Crippen LogP contribution in [0.5, 0.6) is 5.75 Å². The van der Waals surface area contributed by atoms with Crippen molar-refractivity contribution in [1.82, 2.24) is 5.06 Å². The van der Waals surface area contributed by atoms with Gasteiger partial charge < -0.3 is 9.94 Å². The van der Waals surface area contributed by atoms with Crippen LogP contribution in [-0.4, -0.2) is 17.4 Å². The van der Waals surface area contributed by atoms with Crippen molar-refractivity contribution in [2.75, 3.05) is 7.11 Å². The molecular formula is C21H21NO2. The number of hydrogen-bond acceptors (Lipinski definition) is 3. The van der Waals surface area contributed by atoms with Crippen LogP contribution in [0.15, 0.2) is 48.5 Å². The van der Waals surface area contributed by atoms with E-state index in [2.05, 4.69) is 38.1 Å². The lowest BCUT2D eigenvalue weighted by Gasteiger charge is -2.35. The number of rotatable bonds is 2. The van der Waals surface area contributed by atoms with E-state index in [-0.39, 0.29) is 6.04 Å². The number of nitrogens with zero attached hydrogens (tertiary/aromatic N) is 1. The van der Waals surface area contributed by atoms with Crippen LogP contribution >= 0.6 is 0 Å². The van der Waals surface area contributed by atoms with E-state index < -0.39 is 0 Å². The molecule has 122 valence electrons. The van der Waals surface area contributed by atoms with Crippen LogP contribution in [0.25, 0.3) is 10.8 Å². The molecule has 0 saturated carbocycles. The zero-order valence-electron chi connectivity index (χ0n) is 14.2. The number of methoxy groups -OCH3 is 1. The lowest BCUT2D eigenvalue weighted by Crippen LogP contribution is -2.30. The molecule has 1 unspecified atom stereocenters. The van der Waals surface area contributed by atoms with Gasteiger partial charge in [0.05, 0.1) is 19.7 Å². The van der Waals surface area contributed by atoms with Gasteiger partial charge in [-0.2, -0.15) is 5.06 Å². The van der Waals surface area contributed by atoms with E-state index in [1.807, 2.05) is 24.3 Å². The molecule has 3 aromatic carbocycles. The van der Waals surface area contributed by atoms with Crippen LogP contribution in [0.4, 0.5) is 0 Å². The molecule has 3 nitrogen and oxygen atoms in total. The van der Waals surface area contributed by atoms with Crippen LogP contribution in [-0.2, 0) is 6.54 Å². The van der Waals surface area contributed by atoms with Gasteiger partial charge in [0.2, 0.25) is 0 Å². The summed E-state index contributed by atoms with van der Waals surface area (Å²) in [4.78, 5) is 0. The maximum atomic E-state index is 10.8. The van der Waals surface area contributed by atoms with Crippen molar-refractivity contribution < 1.29 is 9.94 Å². The Hall–Kier alpha value is -2.36. The van der Waals surface area contributed by atoms with Gasteiger partial charge >= 0.3 is 0 Å². The monoisotopic (exact) mass is 319 g/mol. The van der Waals surface area contributed by atoms with Gasteiger partial charge in [0, 0.05) is 0 Å². The van der Waals surface area contributed by atoms with Crippen molar-refractivity contribution in [2.45, 2.75) is 26.4 Å². The molecule has 24 heavy (non-hydrogen) atoms. The number of hydroxylamine groups is 2. The topological polar surface area (TPSA) is 32.7 Å². The summed E-state index contributed by atoms with van der Waals surface area (Å²) in [6.07, 6.45) is 0. The first-order valence-electron chi connectivity index (χ1n) is 8.21. The van der Waals surface area contributed by atoms with E-state index in [4.69, 9.17) is 4.74 Å². The van der Waals surface area contributed by atoms with Gasteiger partial charge in [0.15, 0.2) is 0 Å². The summed E-state index contributed by atoms with van der Waals surface area (Å²) in [7, 11) is 1.66. The summed E-state index contributed by atoms with van der Waals surface area (Å²) in [6, 6.07) is 16.4. The van der Waals surface area contributed by atoms with Crippen molar-refractivity contribution in [3.63, 3.8) is 0 Å². The Labute approximate surface area is 142 Å². The fourth-order valence-corrected chi connectivity index (χ4v) is 3.81. The Kier molecular flexibility index (Phi) is 3.56.